The molecule has 2 heterocycles. The van der Waals surface area contributed by atoms with Gasteiger partial charge in [0.1, 0.15) is 5.82 Å². The average Bonchev–Trinajstić information content (AvgIpc) is 3.25. The average molecular weight is 498 g/mol. The zero-order valence-electron chi connectivity index (χ0n) is 19.7. The smallest absolute Gasteiger partial charge is 0.243 e. The molecule has 0 unspecified atom stereocenters. The van der Waals surface area contributed by atoms with Crippen molar-refractivity contribution in [2.24, 2.45) is 5.92 Å². The van der Waals surface area contributed by atoms with Crippen LogP contribution in [0.5, 0.6) is 0 Å². The second kappa shape index (κ2) is 11.3. The van der Waals surface area contributed by atoms with Gasteiger partial charge in [0.25, 0.3) is 0 Å². The van der Waals surface area contributed by atoms with Crippen LogP contribution < -0.4 is 0 Å². The fourth-order valence-corrected chi connectivity index (χ4v) is 5.12. The summed E-state index contributed by atoms with van der Waals surface area (Å²) >= 11 is 0. The van der Waals surface area contributed by atoms with Crippen LogP contribution in [0, 0.1) is 11.7 Å². The van der Waals surface area contributed by atoms with E-state index < -0.39 is 28.0 Å². The van der Waals surface area contributed by atoms with E-state index in [-0.39, 0.29) is 49.4 Å². The molecule has 0 aliphatic carbocycles. The van der Waals surface area contributed by atoms with E-state index in [1.165, 1.54) is 25.2 Å². The summed E-state index contributed by atoms with van der Waals surface area (Å²) in [5, 5.41) is 17.7. The maximum absolute atomic E-state index is 13.7. The molecule has 1 aliphatic heterocycles. The highest BCUT2D eigenvalue weighted by molar-refractivity contribution is 7.89. The van der Waals surface area contributed by atoms with Crippen molar-refractivity contribution in [2.75, 3.05) is 26.7 Å². The monoisotopic (exact) mass is 497 g/mol. The Hall–Kier alpha value is -2.41. The summed E-state index contributed by atoms with van der Waals surface area (Å²) in [4.78, 5) is 14.4. The Morgan fingerprint density at radius 3 is 2.85 bits per heavy atom. The van der Waals surface area contributed by atoms with Crippen molar-refractivity contribution in [2.45, 2.75) is 56.9 Å². The largest absolute Gasteiger partial charge is 0.394 e. The number of hydrogen-bond donors (Lipinski definition) is 1. The number of hydrogen-bond acceptors (Lipinski definition) is 7. The lowest BCUT2D eigenvalue weighted by atomic mass is 10.0. The number of ether oxygens (including phenoxy) is 1. The first-order valence-corrected chi connectivity index (χ1v) is 12.7. The van der Waals surface area contributed by atoms with Crippen LogP contribution in [0.15, 0.2) is 35.4 Å². The number of aromatic nitrogens is 3. The maximum Gasteiger partial charge on any atom is 0.243 e. The van der Waals surface area contributed by atoms with E-state index in [0.29, 0.717) is 13.0 Å². The number of likely N-dealkylation sites (N-methyl/N-ethyl adjacent to an activating group) is 1. The second-order valence-electron chi connectivity index (χ2n) is 8.70. The van der Waals surface area contributed by atoms with Gasteiger partial charge < -0.3 is 14.7 Å². The van der Waals surface area contributed by atoms with Gasteiger partial charge in [-0.2, -0.15) is 4.31 Å². The standard InChI is InChI=1S/C22H32FN5O5S/c1-16-12-27(17(2)14-29)22(30)8-5-9-28-19(11-24-25-28)15-33-21(16)13-26(3)34(31,32)20-7-4-6-18(23)10-20/h4,6-7,10-11,16-17,21,29H,5,8-9,12-15H2,1-3H3/t16-,17+,21+/m0/s1. The number of fused-ring (bicyclic) bond motifs is 1. The zero-order valence-corrected chi connectivity index (χ0v) is 20.5. The Kier molecular flexibility index (Phi) is 8.74. The summed E-state index contributed by atoms with van der Waals surface area (Å²) < 4.78 is 48.7. The van der Waals surface area contributed by atoms with E-state index in [9.17, 15) is 22.7 Å². The molecule has 1 aromatic heterocycles. The van der Waals surface area contributed by atoms with E-state index in [4.69, 9.17) is 4.74 Å². The minimum Gasteiger partial charge on any atom is -0.394 e. The fraction of sp³-hybridized carbons (Fsp3) is 0.591. The van der Waals surface area contributed by atoms with Gasteiger partial charge >= 0.3 is 0 Å². The number of carbonyl (C=O) groups excluding carboxylic acids is 1. The van der Waals surface area contributed by atoms with Crippen LogP contribution in [-0.4, -0.2) is 82.5 Å². The van der Waals surface area contributed by atoms with Gasteiger partial charge in [-0.3, -0.25) is 4.79 Å². The number of aliphatic hydroxyl groups is 1. The van der Waals surface area contributed by atoms with E-state index in [2.05, 4.69) is 10.3 Å². The lowest BCUT2D eigenvalue weighted by molar-refractivity contribution is -0.136. The first kappa shape index (κ1) is 26.2. The third-order valence-electron chi connectivity index (χ3n) is 6.08. The molecule has 12 heteroatoms. The van der Waals surface area contributed by atoms with Crippen LogP contribution in [0.1, 0.15) is 32.4 Å². The number of nitrogens with zero attached hydrogens (tertiary/aromatic N) is 5. The molecule has 1 N–H and O–H groups in total. The predicted octanol–water partition coefficient (Wildman–Crippen LogP) is 1.26. The number of amides is 1. The molecule has 3 atom stereocenters. The van der Waals surface area contributed by atoms with Crippen molar-refractivity contribution >= 4 is 15.9 Å². The third kappa shape index (κ3) is 6.17. The summed E-state index contributed by atoms with van der Waals surface area (Å²) in [5.74, 6) is -1.01. The molecule has 1 amide bonds. The molecule has 0 fully saturated rings. The molecule has 2 aromatic rings. The number of sulfonamides is 1. The van der Waals surface area contributed by atoms with Crippen LogP contribution in [0.25, 0.3) is 0 Å². The Morgan fingerprint density at radius 1 is 1.38 bits per heavy atom. The van der Waals surface area contributed by atoms with Crippen LogP contribution in [0.4, 0.5) is 4.39 Å². The lowest BCUT2D eigenvalue weighted by Gasteiger charge is -2.35. The highest BCUT2D eigenvalue weighted by Crippen LogP contribution is 2.21. The van der Waals surface area contributed by atoms with Crippen molar-refractivity contribution < 1.29 is 27.4 Å². The van der Waals surface area contributed by atoms with E-state index in [1.807, 2.05) is 6.92 Å². The Balaban J connectivity index is 1.87. The van der Waals surface area contributed by atoms with Gasteiger partial charge in [0.05, 0.1) is 42.1 Å². The van der Waals surface area contributed by atoms with Crippen molar-refractivity contribution in [1.82, 2.24) is 24.2 Å². The molecule has 0 radical (unpaired) electrons. The molecule has 3 rings (SSSR count). The molecule has 0 saturated carbocycles. The number of halogens is 1. The molecule has 0 bridgehead atoms. The van der Waals surface area contributed by atoms with Crippen LogP contribution in [0.2, 0.25) is 0 Å². The van der Waals surface area contributed by atoms with Crippen molar-refractivity contribution in [1.29, 1.82) is 0 Å². The van der Waals surface area contributed by atoms with E-state index >= 15 is 0 Å². The van der Waals surface area contributed by atoms with Gasteiger partial charge in [-0.1, -0.05) is 18.2 Å². The summed E-state index contributed by atoms with van der Waals surface area (Å²) in [6.45, 7) is 4.37. The summed E-state index contributed by atoms with van der Waals surface area (Å²) in [5.41, 5.74) is 0.724. The number of aryl methyl sites for hydroxylation is 1. The number of rotatable bonds is 6. The highest BCUT2D eigenvalue weighted by Gasteiger charge is 2.31. The van der Waals surface area contributed by atoms with E-state index in [1.54, 1.807) is 22.7 Å². The zero-order chi connectivity index (χ0) is 24.9. The number of aliphatic hydroxyl groups excluding tert-OH is 1. The topological polar surface area (TPSA) is 118 Å². The van der Waals surface area contributed by atoms with Gasteiger partial charge in [0, 0.05) is 39.0 Å². The first-order valence-electron chi connectivity index (χ1n) is 11.2. The van der Waals surface area contributed by atoms with Crippen LogP contribution >= 0.6 is 0 Å². The number of carbonyl (C=O) groups is 1. The van der Waals surface area contributed by atoms with Crippen molar-refractivity contribution in [3.05, 3.63) is 42.0 Å². The second-order valence-corrected chi connectivity index (χ2v) is 10.7. The Morgan fingerprint density at radius 2 is 2.15 bits per heavy atom. The first-order chi connectivity index (χ1) is 16.1. The molecule has 1 aliphatic rings. The van der Waals surface area contributed by atoms with Gasteiger partial charge in [-0.25, -0.2) is 17.5 Å². The number of benzene rings is 1. The SMILES string of the molecule is C[C@H](CO)N1C[C@H](C)[C@@H](CN(C)S(=O)(=O)c2cccc(F)c2)OCc2cnnn2CCCC1=O. The quantitative estimate of drug-likeness (QED) is 0.638. The lowest BCUT2D eigenvalue weighted by Crippen LogP contribution is -2.47. The normalized spacial score (nSPS) is 21.6. The summed E-state index contributed by atoms with van der Waals surface area (Å²) in [6.07, 6.45) is 1.84. The molecular weight excluding hydrogens is 465 g/mol. The Labute approximate surface area is 199 Å². The van der Waals surface area contributed by atoms with Crippen LogP contribution in [0.3, 0.4) is 0 Å². The summed E-state index contributed by atoms with van der Waals surface area (Å²) in [7, 11) is -2.55. The molecule has 34 heavy (non-hydrogen) atoms. The van der Waals surface area contributed by atoms with Gasteiger partial charge in [-0.15, -0.1) is 5.10 Å². The van der Waals surface area contributed by atoms with Crippen LogP contribution in [-0.2, 0) is 32.7 Å². The Bertz CT molecular complexity index is 1080. The van der Waals surface area contributed by atoms with E-state index in [0.717, 1.165) is 16.1 Å². The minimum absolute atomic E-state index is 0.0168. The summed E-state index contributed by atoms with van der Waals surface area (Å²) in [6, 6.07) is 4.45. The molecule has 0 saturated heterocycles. The molecular formula is C22H32FN5O5S. The van der Waals surface area contributed by atoms with Gasteiger partial charge in [0.2, 0.25) is 15.9 Å². The third-order valence-corrected chi connectivity index (χ3v) is 7.90. The fourth-order valence-electron chi connectivity index (χ4n) is 3.90. The van der Waals surface area contributed by atoms with Gasteiger partial charge in [0.15, 0.2) is 0 Å². The molecule has 10 nitrogen and oxygen atoms in total. The molecule has 1 aromatic carbocycles. The highest BCUT2D eigenvalue weighted by atomic mass is 32.2. The molecule has 0 spiro atoms. The van der Waals surface area contributed by atoms with Gasteiger partial charge in [-0.05, 0) is 31.5 Å². The predicted molar refractivity (Wildman–Crippen MR) is 121 cm³/mol. The van der Waals surface area contributed by atoms with Crippen molar-refractivity contribution in [3.8, 4) is 0 Å². The maximum atomic E-state index is 13.7. The molecule has 188 valence electrons. The minimum atomic E-state index is -3.97. The van der Waals surface area contributed by atoms with Crippen molar-refractivity contribution in [3.63, 3.8) is 0 Å².